The molecule has 0 aliphatic carbocycles. The molecule has 1 saturated heterocycles. The molecule has 1 heterocycles. The van der Waals surface area contributed by atoms with Crippen LogP contribution in [-0.2, 0) is 14.8 Å². The van der Waals surface area contributed by atoms with Crippen LogP contribution in [0.3, 0.4) is 0 Å². The molecule has 3 rings (SSSR count). The van der Waals surface area contributed by atoms with Gasteiger partial charge in [-0.1, -0.05) is 22.0 Å². The van der Waals surface area contributed by atoms with E-state index in [2.05, 4.69) is 21.2 Å². The predicted molar refractivity (Wildman–Crippen MR) is 103 cm³/mol. The van der Waals surface area contributed by atoms with Crippen LogP contribution in [0.15, 0.2) is 45.8 Å². The molecule has 0 aromatic heterocycles. The SMILES string of the molecule is Cc1ccc(S(=O)(=O)N2CCOCC2)cc1C(=O)Nc1ccc(Br)cc1F. The number of carbonyl (C=O) groups excluding carboxylic acids is 1. The smallest absolute Gasteiger partial charge is 0.256 e. The lowest BCUT2D eigenvalue weighted by Crippen LogP contribution is -2.40. The monoisotopic (exact) mass is 456 g/mol. The summed E-state index contributed by atoms with van der Waals surface area (Å²) in [7, 11) is -3.73. The summed E-state index contributed by atoms with van der Waals surface area (Å²) < 4.78 is 46.6. The lowest BCUT2D eigenvalue weighted by Gasteiger charge is -2.26. The second-order valence-corrected chi connectivity index (χ2v) is 8.93. The summed E-state index contributed by atoms with van der Waals surface area (Å²) in [5.41, 5.74) is 0.779. The Hall–Kier alpha value is -1.81. The van der Waals surface area contributed by atoms with E-state index in [4.69, 9.17) is 4.74 Å². The molecule has 0 radical (unpaired) electrons. The van der Waals surface area contributed by atoms with Gasteiger partial charge in [-0.15, -0.1) is 0 Å². The fourth-order valence-electron chi connectivity index (χ4n) is 2.72. The average Bonchev–Trinajstić information content (AvgIpc) is 2.65. The molecule has 1 amide bonds. The molecule has 1 N–H and O–H groups in total. The standard InChI is InChI=1S/C18H18BrFN2O4S/c1-12-2-4-14(27(24,25)22-6-8-26-9-7-22)11-15(12)18(23)21-17-5-3-13(19)10-16(17)20/h2-5,10-11H,6-9H2,1H3,(H,21,23). The minimum Gasteiger partial charge on any atom is -0.379 e. The second-order valence-electron chi connectivity index (χ2n) is 6.07. The van der Waals surface area contributed by atoms with Crippen LogP contribution in [0.1, 0.15) is 15.9 Å². The van der Waals surface area contributed by atoms with Crippen molar-refractivity contribution in [1.82, 2.24) is 4.31 Å². The number of amides is 1. The van der Waals surface area contributed by atoms with Crippen LogP contribution in [0, 0.1) is 12.7 Å². The highest BCUT2D eigenvalue weighted by Crippen LogP contribution is 2.23. The molecule has 27 heavy (non-hydrogen) atoms. The topological polar surface area (TPSA) is 75.7 Å². The lowest BCUT2D eigenvalue weighted by molar-refractivity contribution is 0.0730. The Labute approximate surface area is 165 Å². The van der Waals surface area contributed by atoms with E-state index in [1.54, 1.807) is 19.1 Å². The highest BCUT2D eigenvalue weighted by molar-refractivity contribution is 9.10. The normalized spacial score (nSPS) is 15.5. The minimum absolute atomic E-state index is 0.0176. The molecule has 1 fully saturated rings. The maximum absolute atomic E-state index is 14.0. The fraction of sp³-hybridized carbons (Fsp3) is 0.278. The number of hydrogen-bond donors (Lipinski definition) is 1. The number of anilines is 1. The van der Waals surface area contributed by atoms with Crippen LogP contribution in [-0.4, -0.2) is 44.9 Å². The summed E-state index contributed by atoms with van der Waals surface area (Å²) >= 11 is 3.16. The van der Waals surface area contributed by atoms with Crippen LogP contribution in [0.5, 0.6) is 0 Å². The van der Waals surface area contributed by atoms with Crippen LogP contribution < -0.4 is 5.32 Å². The summed E-state index contributed by atoms with van der Waals surface area (Å²) in [5.74, 6) is -1.17. The lowest BCUT2D eigenvalue weighted by atomic mass is 10.1. The van der Waals surface area contributed by atoms with Gasteiger partial charge in [0.1, 0.15) is 5.82 Å². The van der Waals surface area contributed by atoms with E-state index >= 15 is 0 Å². The maximum Gasteiger partial charge on any atom is 0.256 e. The van der Waals surface area contributed by atoms with Gasteiger partial charge in [0.05, 0.1) is 23.8 Å². The van der Waals surface area contributed by atoms with E-state index in [1.165, 1.54) is 28.6 Å². The summed E-state index contributed by atoms with van der Waals surface area (Å²) in [4.78, 5) is 12.6. The molecule has 9 heteroatoms. The zero-order chi connectivity index (χ0) is 19.6. The fourth-order valence-corrected chi connectivity index (χ4v) is 4.49. The molecule has 0 unspecified atom stereocenters. The zero-order valence-corrected chi connectivity index (χ0v) is 16.9. The second kappa shape index (κ2) is 8.05. The van der Waals surface area contributed by atoms with Crippen LogP contribution in [0.2, 0.25) is 0 Å². The van der Waals surface area contributed by atoms with E-state index in [0.717, 1.165) is 0 Å². The van der Waals surface area contributed by atoms with Crippen molar-refractivity contribution in [2.24, 2.45) is 0 Å². The molecule has 1 aliphatic heterocycles. The summed E-state index contributed by atoms with van der Waals surface area (Å²) in [6.45, 7) is 2.89. The minimum atomic E-state index is -3.73. The molecule has 0 spiro atoms. The van der Waals surface area contributed by atoms with Gasteiger partial charge in [0, 0.05) is 23.1 Å². The van der Waals surface area contributed by atoms with Crippen LogP contribution >= 0.6 is 15.9 Å². The third kappa shape index (κ3) is 4.37. The number of nitrogens with one attached hydrogen (secondary N) is 1. The molecule has 0 atom stereocenters. The van der Waals surface area contributed by atoms with Crippen molar-refractivity contribution in [2.75, 3.05) is 31.6 Å². The van der Waals surface area contributed by atoms with Crippen LogP contribution in [0.25, 0.3) is 0 Å². The first-order valence-electron chi connectivity index (χ1n) is 8.24. The molecule has 144 valence electrons. The van der Waals surface area contributed by atoms with E-state index in [-0.39, 0.29) is 29.2 Å². The molecule has 2 aromatic rings. The zero-order valence-electron chi connectivity index (χ0n) is 14.5. The number of hydrogen-bond acceptors (Lipinski definition) is 4. The van der Waals surface area contributed by atoms with Crippen molar-refractivity contribution in [3.8, 4) is 0 Å². The number of ether oxygens (including phenoxy) is 1. The van der Waals surface area contributed by atoms with Gasteiger partial charge in [0.15, 0.2) is 0 Å². The number of sulfonamides is 1. The Balaban J connectivity index is 1.89. The van der Waals surface area contributed by atoms with E-state index in [9.17, 15) is 17.6 Å². The van der Waals surface area contributed by atoms with Gasteiger partial charge in [-0.05, 0) is 42.8 Å². The molecule has 2 aromatic carbocycles. The number of aryl methyl sites for hydroxylation is 1. The molecule has 0 saturated carbocycles. The van der Waals surface area contributed by atoms with Gasteiger partial charge in [0.25, 0.3) is 5.91 Å². The number of rotatable bonds is 4. The van der Waals surface area contributed by atoms with E-state index in [0.29, 0.717) is 23.2 Å². The van der Waals surface area contributed by atoms with Gasteiger partial charge in [0.2, 0.25) is 10.0 Å². The van der Waals surface area contributed by atoms with Crippen molar-refractivity contribution >= 4 is 37.5 Å². The van der Waals surface area contributed by atoms with Crippen molar-refractivity contribution in [3.63, 3.8) is 0 Å². The van der Waals surface area contributed by atoms with Crippen molar-refractivity contribution in [1.29, 1.82) is 0 Å². The average molecular weight is 457 g/mol. The summed E-state index contributed by atoms with van der Waals surface area (Å²) in [5, 5.41) is 2.49. The predicted octanol–water partition coefficient (Wildman–Crippen LogP) is 3.17. The molecule has 1 aliphatic rings. The number of morpholine rings is 1. The molecule has 6 nitrogen and oxygen atoms in total. The van der Waals surface area contributed by atoms with Crippen LogP contribution in [0.4, 0.5) is 10.1 Å². The summed E-state index contributed by atoms with van der Waals surface area (Å²) in [6, 6.07) is 8.64. The third-order valence-electron chi connectivity index (χ3n) is 4.24. The number of nitrogens with zero attached hydrogens (tertiary/aromatic N) is 1. The summed E-state index contributed by atoms with van der Waals surface area (Å²) in [6.07, 6.45) is 0. The number of carbonyl (C=O) groups is 1. The number of benzene rings is 2. The van der Waals surface area contributed by atoms with Gasteiger partial charge < -0.3 is 10.1 Å². The molecular formula is C18H18BrFN2O4S. The Kier molecular flexibility index (Phi) is 5.95. The van der Waals surface area contributed by atoms with Crippen molar-refractivity contribution in [3.05, 3.63) is 57.8 Å². The number of halogens is 2. The molecular weight excluding hydrogens is 439 g/mol. The van der Waals surface area contributed by atoms with Crippen molar-refractivity contribution in [2.45, 2.75) is 11.8 Å². The van der Waals surface area contributed by atoms with E-state index in [1.807, 2.05) is 0 Å². The maximum atomic E-state index is 14.0. The van der Waals surface area contributed by atoms with Gasteiger partial charge in [-0.3, -0.25) is 4.79 Å². The highest BCUT2D eigenvalue weighted by Gasteiger charge is 2.27. The Morgan fingerprint density at radius 1 is 1.19 bits per heavy atom. The largest absolute Gasteiger partial charge is 0.379 e. The van der Waals surface area contributed by atoms with Gasteiger partial charge >= 0.3 is 0 Å². The Morgan fingerprint density at radius 2 is 1.89 bits per heavy atom. The quantitative estimate of drug-likeness (QED) is 0.766. The first kappa shape index (κ1) is 19.9. The first-order valence-corrected chi connectivity index (χ1v) is 10.5. The third-order valence-corrected chi connectivity index (χ3v) is 6.63. The first-order chi connectivity index (χ1) is 12.8. The highest BCUT2D eigenvalue weighted by atomic mass is 79.9. The van der Waals surface area contributed by atoms with E-state index < -0.39 is 21.7 Å². The van der Waals surface area contributed by atoms with Gasteiger partial charge in [-0.25, -0.2) is 12.8 Å². The van der Waals surface area contributed by atoms with Crippen molar-refractivity contribution < 1.29 is 22.3 Å². The Morgan fingerprint density at radius 3 is 2.56 bits per heavy atom. The molecule has 0 bridgehead atoms. The van der Waals surface area contributed by atoms with Gasteiger partial charge in [-0.2, -0.15) is 4.31 Å². The Bertz CT molecular complexity index is 975.